The topological polar surface area (TPSA) is 29.3 Å². The van der Waals surface area contributed by atoms with Gasteiger partial charge in [-0.3, -0.25) is 0 Å². The summed E-state index contributed by atoms with van der Waals surface area (Å²) in [5.74, 6) is 0. The van der Waals surface area contributed by atoms with Crippen molar-refractivity contribution in [3.05, 3.63) is 57.6 Å². The quantitative estimate of drug-likeness (QED) is 0.897. The predicted octanol–water partition coefficient (Wildman–Crippen LogP) is 4.34. The maximum Gasteiger partial charge on any atom is 0.0443 e. The SMILES string of the molecule is Cc1ccc2c(c1)CCCN2c1ccc(CCN)c(Br)c1. The van der Waals surface area contributed by atoms with E-state index >= 15 is 0 Å². The van der Waals surface area contributed by atoms with E-state index < -0.39 is 0 Å². The molecule has 1 heterocycles. The second-order valence-electron chi connectivity index (χ2n) is 5.70. The Labute approximate surface area is 135 Å². The molecule has 0 fully saturated rings. The van der Waals surface area contributed by atoms with E-state index in [0.717, 1.165) is 17.4 Å². The van der Waals surface area contributed by atoms with Crippen molar-refractivity contribution in [2.45, 2.75) is 26.2 Å². The molecule has 0 unspecified atom stereocenters. The fraction of sp³-hybridized carbons (Fsp3) is 0.333. The highest BCUT2D eigenvalue weighted by Gasteiger charge is 2.18. The zero-order valence-electron chi connectivity index (χ0n) is 12.4. The molecule has 2 N–H and O–H groups in total. The highest BCUT2D eigenvalue weighted by molar-refractivity contribution is 9.10. The van der Waals surface area contributed by atoms with Crippen LogP contribution < -0.4 is 10.6 Å². The number of anilines is 2. The Hall–Kier alpha value is -1.32. The molecule has 0 amide bonds. The van der Waals surface area contributed by atoms with Gasteiger partial charge in [-0.05, 0) is 62.1 Å². The van der Waals surface area contributed by atoms with Gasteiger partial charge in [0.2, 0.25) is 0 Å². The first-order chi connectivity index (χ1) is 10.2. The van der Waals surface area contributed by atoms with Gasteiger partial charge in [0, 0.05) is 22.4 Å². The van der Waals surface area contributed by atoms with Crippen LogP contribution >= 0.6 is 15.9 Å². The van der Waals surface area contributed by atoms with Crippen molar-refractivity contribution >= 4 is 27.3 Å². The molecule has 3 rings (SSSR count). The van der Waals surface area contributed by atoms with Crippen LogP contribution in [0.25, 0.3) is 0 Å². The van der Waals surface area contributed by atoms with Crippen LogP contribution in [-0.2, 0) is 12.8 Å². The third-order valence-corrected chi connectivity index (χ3v) is 4.85. The maximum absolute atomic E-state index is 5.66. The zero-order valence-corrected chi connectivity index (χ0v) is 14.0. The van der Waals surface area contributed by atoms with Crippen molar-refractivity contribution in [2.75, 3.05) is 18.0 Å². The number of benzene rings is 2. The average molecular weight is 345 g/mol. The molecule has 0 saturated carbocycles. The number of halogens is 1. The summed E-state index contributed by atoms with van der Waals surface area (Å²) in [4.78, 5) is 2.43. The molecule has 0 radical (unpaired) electrons. The molecule has 2 nitrogen and oxygen atoms in total. The highest BCUT2D eigenvalue weighted by atomic mass is 79.9. The number of fused-ring (bicyclic) bond motifs is 1. The number of hydrogen-bond donors (Lipinski definition) is 1. The third kappa shape index (κ3) is 2.99. The molecular weight excluding hydrogens is 324 g/mol. The summed E-state index contributed by atoms with van der Waals surface area (Å²) in [6.07, 6.45) is 3.30. The molecule has 21 heavy (non-hydrogen) atoms. The van der Waals surface area contributed by atoms with Gasteiger partial charge in [-0.25, -0.2) is 0 Å². The highest BCUT2D eigenvalue weighted by Crippen LogP contribution is 2.35. The minimum Gasteiger partial charge on any atom is -0.341 e. The van der Waals surface area contributed by atoms with E-state index in [0.29, 0.717) is 6.54 Å². The fourth-order valence-electron chi connectivity index (χ4n) is 3.06. The lowest BCUT2D eigenvalue weighted by atomic mass is 9.99. The summed E-state index contributed by atoms with van der Waals surface area (Å²) in [5.41, 5.74) is 12.3. The Kier molecular flexibility index (Phi) is 4.32. The summed E-state index contributed by atoms with van der Waals surface area (Å²) < 4.78 is 1.16. The molecule has 110 valence electrons. The van der Waals surface area contributed by atoms with Crippen LogP contribution in [0.2, 0.25) is 0 Å². The maximum atomic E-state index is 5.66. The number of rotatable bonds is 3. The summed E-state index contributed by atoms with van der Waals surface area (Å²) in [6, 6.07) is 13.4. The first-order valence-electron chi connectivity index (χ1n) is 7.54. The average Bonchev–Trinajstić information content (AvgIpc) is 2.48. The molecule has 2 aromatic carbocycles. The Balaban J connectivity index is 1.97. The standard InChI is InChI=1S/C18H21BrN2/c1-13-4-7-18-15(11-13)3-2-10-21(18)16-6-5-14(8-9-20)17(19)12-16/h4-7,11-12H,2-3,8-10,20H2,1H3. The lowest BCUT2D eigenvalue weighted by molar-refractivity contribution is 0.765. The van der Waals surface area contributed by atoms with Crippen LogP contribution in [0.1, 0.15) is 23.1 Å². The van der Waals surface area contributed by atoms with Crippen LogP contribution in [-0.4, -0.2) is 13.1 Å². The molecule has 0 saturated heterocycles. The van der Waals surface area contributed by atoms with Gasteiger partial charge in [0.1, 0.15) is 0 Å². The van der Waals surface area contributed by atoms with Crippen LogP contribution in [0.4, 0.5) is 11.4 Å². The van der Waals surface area contributed by atoms with Gasteiger partial charge >= 0.3 is 0 Å². The van der Waals surface area contributed by atoms with Gasteiger partial charge < -0.3 is 10.6 Å². The molecule has 2 aromatic rings. The Morgan fingerprint density at radius 1 is 1.19 bits per heavy atom. The molecule has 0 aromatic heterocycles. The van der Waals surface area contributed by atoms with Gasteiger partial charge in [-0.15, -0.1) is 0 Å². The molecule has 3 heteroatoms. The smallest absolute Gasteiger partial charge is 0.0443 e. The Bertz CT molecular complexity index is 652. The van der Waals surface area contributed by atoms with Crippen molar-refractivity contribution in [3.8, 4) is 0 Å². The minimum atomic E-state index is 0.684. The second kappa shape index (κ2) is 6.20. The van der Waals surface area contributed by atoms with E-state index in [1.165, 1.54) is 40.9 Å². The van der Waals surface area contributed by atoms with E-state index in [-0.39, 0.29) is 0 Å². The van der Waals surface area contributed by atoms with E-state index in [4.69, 9.17) is 5.73 Å². The monoisotopic (exact) mass is 344 g/mol. The van der Waals surface area contributed by atoms with Gasteiger partial charge in [0.15, 0.2) is 0 Å². The van der Waals surface area contributed by atoms with Crippen LogP contribution in [0, 0.1) is 6.92 Å². The summed E-state index contributed by atoms with van der Waals surface area (Å²) in [7, 11) is 0. The van der Waals surface area contributed by atoms with Crippen LogP contribution in [0.15, 0.2) is 40.9 Å². The first kappa shape index (κ1) is 14.6. The number of hydrogen-bond acceptors (Lipinski definition) is 2. The van der Waals surface area contributed by atoms with E-state index in [9.17, 15) is 0 Å². The second-order valence-corrected chi connectivity index (χ2v) is 6.56. The summed E-state index contributed by atoms with van der Waals surface area (Å²) in [5, 5.41) is 0. The molecule has 0 spiro atoms. The van der Waals surface area contributed by atoms with Gasteiger partial charge in [-0.1, -0.05) is 39.7 Å². The lowest BCUT2D eigenvalue weighted by Gasteiger charge is -2.32. The molecule has 0 aliphatic carbocycles. The molecule has 0 atom stereocenters. The van der Waals surface area contributed by atoms with Crippen molar-refractivity contribution < 1.29 is 0 Å². The van der Waals surface area contributed by atoms with E-state index in [1.54, 1.807) is 0 Å². The van der Waals surface area contributed by atoms with Crippen molar-refractivity contribution in [2.24, 2.45) is 5.73 Å². The molecular formula is C18H21BrN2. The number of aryl methyl sites for hydroxylation is 2. The van der Waals surface area contributed by atoms with Crippen molar-refractivity contribution in [1.82, 2.24) is 0 Å². The third-order valence-electron chi connectivity index (χ3n) is 4.12. The van der Waals surface area contributed by atoms with Crippen molar-refractivity contribution in [1.29, 1.82) is 0 Å². The van der Waals surface area contributed by atoms with Crippen LogP contribution in [0.5, 0.6) is 0 Å². The predicted molar refractivity (Wildman–Crippen MR) is 93.4 cm³/mol. The first-order valence-corrected chi connectivity index (χ1v) is 8.34. The largest absolute Gasteiger partial charge is 0.341 e. The fourth-order valence-corrected chi connectivity index (χ4v) is 3.62. The number of nitrogens with two attached hydrogens (primary N) is 1. The van der Waals surface area contributed by atoms with Crippen LogP contribution in [0.3, 0.4) is 0 Å². The normalized spacial score (nSPS) is 14.1. The summed E-state index contributed by atoms with van der Waals surface area (Å²) in [6.45, 7) is 3.93. The van der Waals surface area contributed by atoms with Gasteiger partial charge in [-0.2, -0.15) is 0 Å². The summed E-state index contributed by atoms with van der Waals surface area (Å²) >= 11 is 3.68. The Morgan fingerprint density at radius 3 is 2.81 bits per heavy atom. The van der Waals surface area contributed by atoms with Gasteiger partial charge in [0.25, 0.3) is 0 Å². The minimum absolute atomic E-state index is 0.684. The Morgan fingerprint density at radius 2 is 2.05 bits per heavy atom. The zero-order chi connectivity index (χ0) is 14.8. The van der Waals surface area contributed by atoms with Crippen molar-refractivity contribution in [3.63, 3.8) is 0 Å². The molecule has 1 aliphatic heterocycles. The lowest BCUT2D eigenvalue weighted by Crippen LogP contribution is -2.24. The van der Waals surface area contributed by atoms with E-state index in [1.807, 2.05) is 0 Å². The number of nitrogens with zero attached hydrogens (tertiary/aromatic N) is 1. The molecule has 1 aliphatic rings. The van der Waals surface area contributed by atoms with Gasteiger partial charge in [0.05, 0.1) is 0 Å². The van der Waals surface area contributed by atoms with E-state index in [2.05, 4.69) is 64.2 Å². The molecule has 0 bridgehead atoms.